The molecule has 0 saturated carbocycles. The predicted octanol–water partition coefficient (Wildman–Crippen LogP) is 3.57. The number of benzene rings is 1. The molecule has 0 unspecified atom stereocenters. The monoisotopic (exact) mass is 421 g/mol. The number of rotatable bonds is 5. The zero-order valence-electron chi connectivity index (χ0n) is 16.3. The Morgan fingerprint density at radius 1 is 1.14 bits per heavy atom. The summed E-state index contributed by atoms with van der Waals surface area (Å²) in [6, 6.07) is 7.81. The summed E-state index contributed by atoms with van der Waals surface area (Å²) in [5, 5.41) is 4.18. The second-order valence-corrected chi connectivity index (χ2v) is 8.43. The second kappa shape index (κ2) is 8.94. The Balaban J connectivity index is 1.56. The van der Waals surface area contributed by atoms with E-state index in [1.165, 1.54) is 18.4 Å². The normalized spacial score (nSPS) is 14.8. The number of thiophene rings is 1. The van der Waals surface area contributed by atoms with E-state index in [1.54, 1.807) is 0 Å². The summed E-state index contributed by atoms with van der Waals surface area (Å²) in [6.45, 7) is 7.37. The summed E-state index contributed by atoms with van der Waals surface area (Å²) in [5.74, 6) is -0.542. The highest BCUT2D eigenvalue weighted by Gasteiger charge is 2.23. The summed E-state index contributed by atoms with van der Waals surface area (Å²) >= 11 is 7.35. The van der Waals surface area contributed by atoms with Gasteiger partial charge in [-0.3, -0.25) is 9.69 Å². The summed E-state index contributed by atoms with van der Waals surface area (Å²) in [5.41, 5.74) is 2.44. The number of esters is 1. The van der Waals surface area contributed by atoms with Crippen molar-refractivity contribution in [3.63, 3.8) is 0 Å². The summed E-state index contributed by atoms with van der Waals surface area (Å²) < 4.78 is 4.86. The van der Waals surface area contributed by atoms with E-state index in [9.17, 15) is 9.59 Å². The SMILES string of the molecule is COC(=O)c1c(NC(=O)CN2CCN(c3ccc(Cl)cc3)CC2)sc(C)c1C. The van der Waals surface area contributed by atoms with E-state index < -0.39 is 5.97 Å². The number of methoxy groups -OCH3 is 1. The number of carbonyl (C=O) groups excluding carboxylic acids is 2. The Hall–Kier alpha value is -2.09. The van der Waals surface area contributed by atoms with E-state index >= 15 is 0 Å². The maximum absolute atomic E-state index is 12.5. The molecular formula is C20H24ClN3O3S. The van der Waals surface area contributed by atoms with Crippen LogP contribution in [0.5, 0.6) is 0 Å². The predicted molar refractivity (Wildman–Crippen MR) is 114 cm³/mol. The smallest absolute Gasteiger partial charge is 0.341 e. The Bertz CT molecular complexity index is 858. The molecule has 2 heterocycles. The number of hydrogen-bond donors (Lipinski definition) is 1. The van der Waals surface area contributed by atoms with Gasteiger partial charge in [0.05, 0.1) is 19.2 Å². The molecule has 1 amide bonds. The first-order valence-electron chi connectivity index (χ1n) is 9.10. The van der Waals surface area contributed by atoms with Gasteiger partial charge in [0.2, 0.25) is 5.91 Å². The number of aryl methyl sites for hydroxylation is 1. The quantitative estimate of drug-likeness (QED) is 0.748. The lowest BCUT2D eigenvalue weighted by atomic mass is 10.1. The molecule has 1 N–H and O–H groups in total. The fourth-order valence-electron chi connectivity index (χ4n) is 3.25. The van der Waals surface area contributed by atoms with Crippen molar-refractivity contribution >= 4 is 45.5 Å². The molecule has 0 atom stereocenters. The summed E-state index contributed by atoms with van der Waals surface area (Å²) in [6.07, 6.45) is 0. The molecule has 28 heavy (non-hydrogen) atoms. The van der Waals surface area contributed by atoms with Gasteiger partial charge in [0, 0.05) is 41.8 Å². The Kier molecular flexibility index (Phi) is 6.59. The maximum atomic E-state index is 12.5. The van der Waals surface area contributed by atoms with Gasteiger partial charge in [-0.05, 0) is 43.7 Å². The van der Waals surface area contributed by atoms with Gasteiger partial charge in [0.15, 0.2) is 0 Å². The molecule has 1 saturated heterocycles. The zero-order valence-corrected chi connectivity index (χ0v) is 17.8. The van der Waals surface area contributed by atoms with E-state index in [2.05, 4.69) is 15.1 Å². The minimum Gasteiger partial charge on any atom is -0.465 e. The third-order valence-electron chi connectivity index (χ3n) is 4.96. The van der Waals surface area contributed by atoms with Crippen molar-refractivity contribution in [1.82, 2.24) is 4.90 Å². The molecule has 0 radical (unpaired) electrons. The van der Waals surface area contributed by atoms with Crippen molar-refractivity contribution in [2.75, 3.05) is 50.1 Å². The molecule has 3 rings (SSSR count). The highest BCUT2D eigenvalue weighted by Crippen LogP contribution is 2.33. The third-order valence-corrected chi connectivity index (χ3v) is 6.33. The van der Waals surface area contributed by atoms with Gasteiger partial charge < -0.3 is 15.0 Å². The van der Waals surface area contributed by atoms with Crippen LogP contribution in [-0.4, -0.2) is 56.6 Å². The topological polar surface area (TPSA) is 61.9 Å². The molecular weight excluding hydrogens is 398 g/mol. The molecule has 2 aromatic rings. The molecule has 0 spiro atoms. The lowest BCUT2D eigenvalue weighted by Crippen LogP contribution is -2.48. The molecule has 1 aliphatic rings. The fourth-order valence-corrected chi connectivity index (χ4v) is 4.44. The highest BCUT2D eigenvalue weighted by molar-refractivity contribution is 7.16. The minimum absolute atomic E-state index is 0.119. The van der Waals surface area contributed by atoms with E-state index in [-0.39, 0.29) is 5.91 Å². The number of halogens is 1. The van der Waals surface area contributed by atoms with Crippen LogP contribution in [0.15, 0.2) is 24.3 Å². The van der Waals surface area contributed by atoms with E-state index in [0.29, 0.717) is 17.1 Å². The van der Waals surface area contributed by atoms with Crippen molar-refractivity contribution in [3.8, 4) is 0 Å². The van der Waals surface area contributed by atoms with Crippen molar-refractivity contribution in [3.05, 3.63) is 45.3 Å². The molecule has 0 bridgehead atoms. The van der Waals surface area contributed by atoms with Crippen LogP contribution >= 0.6 is 22.9 Å². The fraction of sp³-hybridized carbons (Fsp3) is 0.400. The molecule has 1 aromatic heterocycles. The van der Waals surface area contributed by atoms with Crippen LogP contribution in [0.3, 0.4) is 0 Å². The zero-order chi connectivity index (χ0) is 20.3. The molecule has 1 aromatic carbocycles. The van der Waals surface area contributed by atoms with E-state index in [0.717, 1.165) is 47.3 Å². The standard InChI is InChI=1S/C20H24ClN3O3S/c1-13-14(2)28-19(18(13)20(26)27-3)22-17(25)12-23-8-10-24(11-9-23)16-6-4-15(21)5-7-16/h4-7H,8-12H2,1-3H3,(H,22,25). The van der Waals surface area contributed by atoms with Crippen LogP contribution in [0.2, 0.25) is 5.02 Å². The molecule has 6 nitrogen and oxygen atoms in total. The maximum Gasteiger partial charge on any atom is 0.341 e. The average Bonchev–Trinajstić information content (AvgIpc) is 2.95. The van der Waals surface area contributed by atoms with E-state index in [1.807, 2.05) is 38.1 Å². The van der Waals surface area contributed by atoms with Gasteiger partial charge >= 0.3 is 5.97 Å². The number of anilines is 2. The van der Waals surface area contributed by atoms with Gasteiger partial charge in [-0.1, -0.05) is 11.6 Å². The molecule has 0 aliphatic carbocycles. The summed E-state index contributed by atoms with van der Waals surface area (Å²) in [4.78, 5) is 30.0. The van der Waals surface area contributed by atoms with Crippen LogP contribution in [-0.2, 0) is 9.53 Å². The average molecular weight is 422 g/mol. The van der Waals surface area contributed by atoms with Crippen LogP contribution in [0.1, 0.15) is 20.8 Å². The Morgan fingerprint density at radius 3 is 2.39 bits per heavy atom. The number of carbonyl (C=O) groups is 2. The molecule has 8 heteroatoms. The van der Waals surface area contributed by atoms with Crippen LogP contribution in [0.4, 0.5) is 10.7 Å². The van der Waals surface area contributed by atoms with Crippen molar-refractivity contribution in [2.24, 2.45) is 0 Å². The Labute approximate surface area is 174 Å². The molecule has 1 fully saturated rings. The van der Waals surface area contributed by atoms with Gasteiger partial charge in [-0.25, -0.2) is 4.79 Å². The van der Waals surface area contributed by atoms with Crippen LogP contribution < -0.4 is 10.2 Å². The number of piperazine rings is 1. The second-order valence-electron chi connectivity index (χ2n) is 6.77. The van der Waals surface area contributed by atoms with Crippen molar-refractivity contribution < 1.29 is 14.3 Å². The minimum atomic E-state index is -0.422. The molecule has 1 aliphatic heterocycles. The summed E-state index contributed by atoms with van der Waals surface area (Å²) in [7, 11) is 1.35. The number of nitrogens with one attached hydrogen (secondary N) is 1. The number of nitrogens with zero attached hydrogens (tertiary/aromatic N) is 2. The number of amides is 1. The van der Waals surface area contributed by atoms with Crippen LogP contribution in [0, 0.1) is 13.8 Å². The van der Waals surface area contributed by atoms with Gasteiger partial charge in [-0.15, -0.1) is 11.3 Å². The lowest BCUT2D eigenvalue weighted by Gasteiger charge is -2.35. The number of hydrogen-bond acceptors (Lipinski definition) is 6. The third kappa shape index (κ3) is 4.66. The first kappa shape index (κ1) is 20.6. The van der Waals surface area contributed by atoms with E-state index in [4.69, 9.17) is 16.3 Å². The molecule has 150 valence electrons. The first-order chi connectivity index (χ1) is 13.4. The first-order valence-corrected chi connectivity index (χ1v) is 10.3. The van der Waals surface area contributed by atoms with Gasteiger partial charge in [0.1, 0.15) is 5.00 Å². The van der Waals surface area contributed by atoms with Crippen LogP contribution in [0.25, 0.3) is 0 Å². The van der Waals surface area contributed by atoms with Gasteiger partial charge in [0.25, 0.3) is 0 Å². The van der Waals surface area contributed by atoms with Gasteiger partial charge in [-0.2, -0.15) is 0 Å². The lowest BCUT2D eigenvalue weighted by molar-refractivity contribution is -0.117. The number of ether oxygens (including phenoxy) is 1. The van der Waals surface area contributed by atoms with Crippen molar-refractivity contribution in [1.29, 1.82) is 0 Å². The largest absolute Gasteiger partial charge is 0.465 e. The Morgan fingerprint density at radius 2 is 1.79 bits per heavy atom. The highest BCUT2D eigenvalue weighted by atomic mass is 35.5. The van der Waals surface area contributed by atoms with Crippen molar-refractivity contribution in [2.45, 2.75) is 13.8 Å².